The van der Waals surface area contributed by atoms with Crippen LogP contribution >= 0.6 is 0 Å². The van der Waals surface area contributed by atoms with Gasteiger partial charge in [-0.15, -0.1) is 0 Å². The standard InChI is InChI=1S/C24H28N2O3/c27-23(21-11-17-29-18-12-21)25-13-15-26(16-14-25)24(28)22(19-7-3-1-4-8-19)20-9-5-2-6-10-20/h1-10,21-22H,11-18H2. The van der Waals surface area contributed by atoms with Gasteiger partial charge in [0, 0.05) is 45.3 Å². The van der Waals surface area contributed by atoms with Crippen molar-refractivity contribution < 1.29 is 14.3 Å². The molecule has 29 heavy (non-hydrogen) atoms. The Morgan fingerprint density at radius 1 is 0.759 bits per heavy atom. The fourth-order valence-electron chi connectivity index (χ4n) is 4.30. The summed E-state index contributed by atoms with van der Waals surface area (Å²) in [4.78, 5) is 30.1. The fraction of sp³-hybridized carbons (Fsp3) is 0.417. The molecule has 0 N–H and O–H groups in total. The quantitative estimate of drug-likeness (QED) is 0.804. The molecule has 4 rings (SSSR count). The Hall–Kier alpha value is -2.66. The van der Waals surface area contributed by atoms with Gasteiger partial charge in [0.15, 0.2) is 0 Å². The van der Waals surface area contributed by atoms with Crippen LogP contribution in [0, 0.1) is 5.92 Å². The van der Waals surface area contributed by atoms with Gasteiger partial charge in [-0.25, -0.2) is 0 Å². The normalized spacial score (nSPS) is 18.1. The number of piperazine rings is 1. The predicted molar refractivity (Wildman–Crippen MR) is 111 cm³/mol. The molecule has 2 heterocycles. The van der Waals surface area contributed by atoms with Crippen molar-refractivity contribution in [2.45, 2.75) is 18.8 Å². The summed E-state index contributed by atoms with van der Waals surface area (Å²) in [7, 11) is 0. The molecule has 0 aliphatic carbocycles. The Morgan fingerprint density at radius 3 is 1.76 bits per heavy atom. The fourth-order valence-corrected chi connectivity index (χ4v) is 4.30. The second-order valence-corrected chi connectivity index (χ2v) is 7.79. The van der Waals surface area contributed by atoms with E-state index in [9.17, 15) is 9.59 Å². The molecule has 2 fully saturated rings. The van der Waals surface area contributed by atoms with Crippen molar-refractivity contribution in [3.05, 3.63) is 71.8 Å². The highest BCUT2D eigenvalue weighted by molar-refractivity contribution is 5.87. The Balaban J connectivity index is 1.45. The van der Waals surface area contributed by atoms with Gasteiger partial charge in [0.25, 0.3) is 0 Å². The number of nitrogens with zero attached hydrogens (tertiary/aromatic N) is 2. The van der Waals surface area contributed by atoms with E-state index >= 15 is 0 Å². The highest BCUT2D eigenvalue weighted by atomic mass is 16.5. The number of benzene rings is 2. The summed E-state index contributed by atoms with van der Waals surface area (Å²) in [6, 6.07) is 19.9. The monoisotopic (exact) mass is 392 g/mol. The minimum absolute atomic E-state index is 0.0763. The highest BCUT2D eigenvalue weighted by Crippen LogP contribution is 2.27. The molecule has 0 spiro atoms. The third-order valence-corrected chi connectivity index (χ3v) is 5.99. The van der Waals surface area contributed by atoms with E-state index < -0.39 is 0 Å². The van der Waals surface area contributed by atoms with Crippen molar-refractivity contribution in [3.8, 4) is 0 Å². The second kappa shape index (κ2) is 9.23. The first-order chi connectivity index (χ1) is 14.2. The van der Waals surface area contributed by atoms with E-state index in [0.29, 0.717) is 39.4 Å². The minimum Gasteiger partial charge on any atom is -0.381 e. The van der Waals surface area contributed by atoms with Crippen LogP contribution in [0.5, 0.6) is 0 Å². The van der Waals surface area contributed by atoms with Crippen molar-refractivity contribution in [1.82, 2.24) is 9.80 Å². The van der Waals surface area contributed by atoms with E-state index in [0.717, 1.165) is 24.0 Å². The van der Waals surface area contributed by atoms with Crippen molar-refractivity contribution >= 4 is 11.8 Å². The van der Waals surface area contributed by atoms with Gasteiger partial charge in [-0.3, -0.25) is 9.59 Å². The number of carbonyl (C=O) groups is 2. The molecule has 5 nitrogen and oxygen atoms in total. The van der Waals surface area contributed by atoms with Crippen LogP contribution in [0.2, 0.25) is 0 Å². The van der Waals surface area contributed by atoms with Crippen LogP contribution in [0.1, 0.15) is 29.9 Å². The lowest BCUT2D eigenvalue weighted by molar-refractivity contribution is -0.144. The van der Waals surface area contributed by atoms with Crippen molar-refractivity contribution in [1.29, 1.82) is 0 Å². The van der Waals surface area contributed by atoms with Crippen molar-refractivity contribution in [3.63, 3.8) is 0 Å². The van der Waals surface area contributed by atoms with Gasteiger partial charge >= 0.3 is 0 Å². The summed E-state index contributed by atoms with van der Waals surface area (Å²) < 4.78 is 5.37. The number of ether oxygens (including phenoxy) is 1. The Labute approximate surface area is 172 Å². The van der Waals surface area contributed by atoms with E-state index in [4.69, 9.17) is 4.74 Å². The number of hydrogen-bond donors (Lipinski definition) is 0. The molecule has 0 aromatic heterocycles. The zero-order valence-corrected chi connectivity index (χ0v) is 16.7. The second-order valence-electron chi connectivity index (χ2n) is 7.79. The smallest absolute Gasteiger partial charge is 0.234 e. The first-order valence-electron chi connectivity index (χ1n) is 10.5. The molecule has 2 aromatic carbocycles. The van der Waals surface area contributed by atoms with Gasteiger partial charge in [-0.2, -0.15) is 0 Å². The molecule has 5 heteroatoms. The van der Waals surface area contributed by atoms with Crippen LogP contribution in [0.4, 0.5) is 0 Å². The molecule has 0 unspecified atom stereocenters. The third-order valence-electron chi connectivity index (χ3n) is 5.99. The van der Waals surface area contributed by atoms with Gasteiger partial charge in [0.05, 0.1) is 5.92 Å². The molecule has 0 bridgehead atoms. The first kappa shape index (κ1) is 19.6. The molecule has 152 valence electrons. The topological polar surface area (TPSA) is 49.9 Å². The summed E-state index contributed by atoms with van der Waals surface area (Å²) in [5, 5.41) is 0. The van der Waals surface area contributed by atoms with Crippen LogP contribution in [-0.2, 0) is 14.3 Å². The maximum atomic E-state index is 13.5. The zero-order valence-electron chi connectivity index (χ0n) is 16.7. The van der Waals surface area contributed by atoms with E-state index in [-0.39, 0.29) is 23.7 Å². The van der Waals surface area contributed by atoms with E-state index in [2.05, 4.69) is 0 Å². The third kappa shape index (κ3) is 4.51. The van der Waals surface area contributed by atoms with Gasteiger partial charge in [0.1, 0.15) is 0 Å². The van der Waals surface area contributed by atoms with Gasteiger partial charge in [-0.05, 0) is 24.0 Å². The van der Waals surface area contributed by atoms with E-state index in [1.807, 2.05) is 70.5 Å². The Kier molecular flexibility index (Phi) is 6.25. The van der Waals surface area contributed by atoms with Crippen LogP contribution < -0.4 is 0 Å². The lowest BCUT2D eigenvalue weighted by Crippen LogP contribution is -2.53. The molecular formula is C24H28N2O3. The molecule has 2 amide bonds. The summed E-state index contributed by atoms with van der Waals surface area (Å²) in [6.45, 7) is 3.74. The Bertz CT molecular complexity index is 771. The molecule has 2 aliphatic rings. The molecule has 2 saturated heterocycles. The van der Waals surface area contributed by atoms with Crippen LogP contribution in [-0.4, -0.2) is 61.0 Å². The largest absolute Gasteiger partial charge is 0.381 e. The molecule has 0 atom stereocenters. The van der Waals surface area contributed by atoms with E-state index in [1.165, 1.54) is 0 Å². The van der Waals surface area contributed by atoms with Crippen LogP contribution in [0.25, 0.3) is 0 Å². The summed E-state index contributed by atoms with van der Waals surface area (Å²) in [6.07, 6.45) is 1.62. The molecule has 0 radical (unpaired) electrons. The summed E-state index contributed by atoms with van der Waals surface area (Å²) in [5.74, 6) is 0.103. The van der Waals surface area contributed by atoms with Crippen molar-refractivity contribution in [2.24, 2.45) is 5.92 Å². The number of carbonyl (C=O) groups excluding carboxylic acids is 2. The molecule has 2 aliphatic heterocycles. The minimum atomic E-state index is -0.310. The number of rotatable bonds is 4. The zero-order chi connectivity index (χ0) is 20.1. The summed E-state index contributed by atoms with van der Waals surface area (Å²) >= 11 is 0. The average molecular weight is 392 g/mol. The lowest BCUT2D eigenvalue weighted by Gasteiger charge is -2.38. The maximum Gasteiger partial charge on any atom is 0.234 e. The number of amides is 2. The van der Waals surface area contributed by atoms with Gasteiger partial charge in [0.2, 0.25) is 11.8 Å². The van der Waals surface area contributed by atoms with Crippen LogP contribution in [0.15, 0.2) is 60.7 Å². The first-order valence-corrected chi connectivity index (χ1v) is 10.5. The maximum absolute atomic E-state index is 13.5. The molecule has 2 aromatic rings. The lowest BCUT2D eigenvalue weighted by atomic mass is 9.90. The van der Waals surface area contributed by atoms with E-state index in [1.54, 1.807) is 0 Å². The van der Waals surface area contributed by atoms with Gasteiger partial charge in [-0.1, -0.05) is 60.7 Å². The highest BCUT2D eigenvalue weighted by Gasteiger charge is 2.33. The Morgan fingerprint density at radius 2 is 1.24 bits per heavy atom. The van der Waals surface area contributed by atoms with Crippen LogP contribution in [0.3, 0.4) is 0 Å². The SMILES string of the molecule is O=C(C1CCOCC1)N1CCN(C(=O)C(c2ccccc2)c2ccccc2)CC1. The van der Waals surface area contributed by atoms with Gasteiger partial charge < -0.3 is 14.5 Å². The van der Waals surface area contributed by atoms with Crippen molar-refractivity contribution in [2.75, 3.05) is 39.4 Å². The molecular weight excluding hydrogens is 364 g/mol. The number of hydrogen-bond acceptors (Lipinski definition) is 3. The predicted octanol–water partition coefficient (Wildman–Crippen LogP) is 2.92. The molecule has 0 saturated carbocycles. The summed E-state index contributed by atoms with van der Waals surface area (Å²) in [5.41, 5.74) is 2.01. The average Bonchev–Trinajstić information content (AvgIpc) is 2.81.